The number of aliphatic hydroxyl groups excluding tert-OH is 1. The quantitative estimate of drug-likeness (QED) is 0.0701. The van der Waals surface area contributed by atoms with Crippen LogP contribution < -0.4 is 20.7 Å². The molecule has 0 radical (unpaired) electrons. The monoisotopic (exact) mass is 892 g/mol. The van der Waals surface area contributed by atoms with Crippen molar-refractivity contribution in [1.82, 2.24) is 9.13 Å². The number of ether oxygens (including phenoxy) is 4. The van der Waals surface area contributed by atoms with Gasteiger partial charge < -0.3 is 24.1 Å². The highest BCUT2D eigenvalue weighted by Gasteiger charge is 2.53. The highest BCUT2D eigenvalue weighted by molar-refractivity contribution is 7.48. The van der Waals surface area contributed by atoms with Crippen LogP contribution in [0.3, 0.4) is 0 Å². The molecule has 0 aliphatic carbocycles. The molecule has 4 aromatic carbocycles. The molecule has 0 saturated carbocycles. The molecular weight excluding hydrogens is 844 g/mol. The Bertz CT molecular complexity index is 2570. The van der Waals surface area contributed by atoms with Gasteiger partial charge in [0.25, 0.3) is 11.5 Å². The van der Waals surface area contributed by atoms with Crippen LogP contribution in [0, 0.1) is 22.7 Å². The molecule has 4 atom stereocenters. The van der Waals surface area contributed by atoms with Crippen molar-refractivity contribution in [3.05, 3.63) is 165 Å². The van der Waals surface area contributed by atoms with Crippen molar-refractivity contribution in [2.24, 2.45) is 0 Å². The van der Waals surface area contributed by atoms with Crippen molar-refractivity contribution in [2.75, 3.05) is 20.8 Å². The van der Waals surface area contributed by atoms with Crippen molar-refractivity contribution in [3.63, 3.8) is 0 Å². The maximum Gasteiger partial charge on any atom is 0.476 e. The Balaban J connectivity index is 1.51. The topological polar surface area (TPSA) is 211 Å². The zero-order valence-electron chi connectivity index (χ0n) is 36.2. The smallest absolute Gasteiger partial charge is 0.476 e. The summed E-state index contributed by atoms with van der Waals surface area (Å²) in [7, 11) is -1.84. The van der Waals surface area contributed by atoms with E-state index in [2.05, 4.69) is 0 Å². The van der Waals surface area contributed by atoms with Gasteiger partial charge in [0, 0.05) is 17.8 Å². The highest BCUT2D eigenvalue weighted by Crippen LogP contribution is 2.59. The van der Waals surface area contributed by atoms with E-state index >= 15 is 4.57 Å². The highest BCUT2D eigenvalue weighted by atomic mass is 31.2. The van der Waals surface area contributed by atoms with Gasteiger partial charge in [-0.05, 0) is 80.8 Å². The first-order chi connectivity index (χ1) is 30.5. The minimum atomic E-state index is -4.93. The molecule has 0 spiro atoms. The van der Waals surface area contributed by atoms with Crippen LogP contribution in [0.15, 0.2) is 131 Å². The van der Waals surface area contributed by atoms with Crippen LogP contribution in [0.1, 0.15) is 73.8 Å². The number of hydrogen-bond acceptors (Lipinski definition) is 14. The molecule has 1 fully saturated rings. The summed E-state index contributed by atoms with van der Waals surface area (Å²) in [6.45, 7) is 5.50. The molecule has 2 heterocycles. The number of nitriles is 2. The molecule has 6 rings (SSSR count). The maximum atomic E-state index is 15.0. The van der Waals surface area contributed by atoms with Gasteiger partial charge in [-0.3, -0.25) is 27.7 Å². The molecule has 0 bridgehead atoms. The average molecular weight is 893 g/mol. The summed E-state index contributed by atoms with van der Waals surface area (Å²) in [6.07, 6.45) is -6.18. The number of rotatable bonds is 18. The predicted octanol–water partition coefficient (Wildman–Crippen LogP) is 6.89. The van der Waals surface area contributed by atoms with Gasteiger partial charge in [-0.2, -0.15) is 15.1 Å². The molecule has 64 heavy (non-hydrogen) atoms. The fraction of sp³-hybridized carbons (Fsp3) is 0.340. The lowest BCUT2D eigenvalue weighted by Crippen LogP contribution is -2.46. The number of phosphoric acid groups is 1. The SMILES string of the molecule is COc1ccc(C(OC[C@H]2O[C@@H](n3ccc(=O)n(C(=O)c4ccccc4)c3=O)[C@H](O)[C@@H]2OP(=O)(OC(C)(C)CC#N)OC(C)(C)CC#N)(c2ccccc2)c2ccc(OC)cc2)cc1. The second-order valence-electron chi connectivity index (χ2n) is 16.1. The van der Waals surface area contributed by atoms with Crippen LogP contribution in [0.25, 0.3) is 0 Å². The predicted molar refractivity (Wildman–Crippen MR) is 233 cm³/mol. The molecule has 1 aliphatic heterocycles. The molecule has 1 saturated heterocycles. The number of nitrogens with zero attached hydrogens (tertiary/aromatic N) is 4. The lowest BCUT2D eigenvalue weighted by molar-refractivity contribution is -0.0991. The Hall–Kier alpha value is -6.20. The van der Waals surface area contributed by atoms with Crippen molar-refractivity contribution in [2.45, 2.75) is 81.9 Å². The second kappa shape index (κ2) is 19.7. The Kier molecular flexibility index (Phi) is 14.5. The van der Waals surface area contributed by atoms with Gasteiger partial charge in [0.05, 0.1) is 57.0 Å². The molecule has 16 nitrogen and oxygen atoms in total. The van der Waals surface area contributed by atoms with E-state index in [0.717, 1.165) is 16.8 Å². The Morgan fingerprint density at radius 2 is 1.23 bits per heavy atom. The number of aromatic nitrogens is 2. The van der Waals surface area contributed by atoms with E-state index in [-0.39, 0.29) is 18.4 Å². The number of hydrogen-bond donors (Lipinski definition) is 1. The lowest BCUT2D eigenvalue weighted by Gasteiger charge is -2.38. The summed E-state index contributed by atoms with van der Waals surface area (Å²) in [6, 6.07) is 36.3. The van der Waals surface area contributed by atoms with Gasteiger partial charge in [0.1, 0.15) is 35.4 Å². The molecule has 1 aliphatic rings. The number of phosphoric ester groups is 1. The van der Waals surface area contributed by atoms with Crippen LogP contribution in [-0.4, -0.2) is 70.5 Å². The molecule has 1 N–H and O–H groups in total. The largest absolute Gasteiger partial charge is 0.497 e. The van der Waals surface area contributed by atoms with E-state index < -0.39 is 72.9 Å². The van der Waals surface area contributed by atoms with Crippen LogP contribution in [0.5, 0.6) is 11.5 Å². The first kappa shape index (κ1) is 47.3. The molecule has 0 amide bonds. The zero-order chi connectivity index (χ0) is 46.3. The molecule has 1 aromatic heterocycles. The van der Waals surface area contributed by atoms with Crippen molar-refractivity contribution < 1.29 is 47.0 Å². The summed E-state index contributed by atoms with van der Waals surface area (Å²) in [5, 5.41) is 31.5. The lowest BCUT2D eigenvalue weighted by atomic mass is 9.80. The molecule has 334 valence electrons. The Morgan fingerprint density at radius 3 is 1.72 bits per heavy atom. The van der Waals surface area contributed by atoms with Gasteiger partial charge in [-0.15, -0.1) is 0 Å². The van der Waals surface area contributed by atoms with E-state index in [1.807, 2.05) is 66.7 Å². The zero-order valence-corrected chi connectivity index (χ0v) is 37.0. The van der Waals surface area contributed by atoms with Gasteiger partial charge in [-0.25, -0.2) is 9.36 Å². The van der Waals surface area contributed by atoms with E-state index in [9.17, 15) is 30.0 Å². The first-order valence-corrected chi connectivity index (χ1v) is 21.7. The second-order valence-corrected chi connectivity index (χ2v) is 17.6. The van der Waals surface area contributed by atoms with Gasteiger partial charge in [0.15, 0.2) is 6.23 Å². The first-order valence-electron chi connectivity index (χ1n) is 20.2. The van der Waals surface area contributed by atoms with Gasteiger partial charge >= 0.3 is 13.5 Å². The van der Waals surface area contributed by atoms with Crippen LogP contribution in [-0.2, 0) is 33.2 Å². The summed E-state index contributed by atoms with van der Waals surface area (Å²) < 4.78 is 59.0. The fourth-order valence-corrected chi connectivity index (χ4v) is 9.36. The molecule has 17 heteroatoms. The van der Waals surface area contributed by atoms with E-state index in [0.29, 0.717) is 32.8 Å². The van der Waals surface area contributed by atoms with Crippen LogP contribution in [0.2, 0.25) is 0 Å². The third-order valence-electron chi connectivity index (χ3n) is 10.4. The van der Waals surface area contributed by atoms with Crippen molar-refractivity contribution >= 4 is 13.7 Å². The molecule has 0 unspecified atom stereocenters. The van der Waals surface area contributed by atoms with Crippen molar-refractivity contribution in [1.29, 1.82) is 10.5 Å². The number of methoxy groups -OCH3 is 2. The van der Waals surface area contributed by atoms with E-state index in [1.165, 1.54) is 39.8 Å². The van der Waals surface area contributed by atoms with Crippen LogP contribution >= 0.6 is 7.82 Å². The summed E-state index contributed by atoms with van der Waals surface area (Å²) >= 11 is 0. The minimum absolute atomic E-state index is 0.0457. The molecule has 5 aromatic rings. The summed E-state index contributed by atoms with van der Waals surface area (Å²) in [5.74, 6) is 0.222. The van der Waals surface area contributed by atoms with E-state index in [1.54, 1.807) is 56.7 Å². The third kappa shape index (κ3) is 10.3. The van der Waals surface area contributed by atoms with E-state index in [4.69, 9.17) is 32.5 Å². The number of aliphatic hydroxyl groups is 1. The summed E-state index contributed by atoms with van der Waals surface area (Å²) in [4.78, 5) is 40.9. The van der Waals surface area contributed by atoms with Gasteiger partial charge in [-0.1, -0.05) is 72.8 Å². The number of carbonyl (C=O) groups is 1. The Labute approximate surface area is 370 Å². The summed E-state index contributed by atoms with van der Waals surface area (Å²) in [5.41, 5.74) is -4.45. The standard InChI is InChI=1S/C47H49N4O12P/c1-45(2,26-28-48)62-64(56,63-46(3,4)27-29-49)61-41-38(60-43(40(41)53)50-30-25-39(52)51(44(50)55)42(54)32-13-9-7-10-14-32)31-59-47(33-15-11-8-12-16-33,34-17-21-36(57-5)22-18-34)35-19-23-37(58-6)24-20-35/h7-25,30,38,40-41,43,53H,26-27,31H2,1-6H3/t38-,40-,41-,43-/m1/s1. The number of benzene rings is 4. The minimum Gasteiger partial charge on any atom is -0.497 e. The normalized spacial score (nSPS) is 17.9. The van der Waals surface area contributed by atoms with Crippen LogP contribution in [0.4, 0.5) is 0 Å². The van der Waals surface area contributed by atoms with Gasteiger partial charge in [0.2, 0.25) is 0 Å². The fourth-order valence-electron chi connectivity index (χ4n) is 7.34. The Morgan fingerprint density at radius 1 is 0.750 bits per heavy atom. The number of carbonyl (C=O) groups excluding carboxylic acids is 1. The third-order valence-corrected chi connectivity index (χ3v) is 12.4. The maximum absolute atomic E-state index is 15.0. The average Bonchev–Trinajstić information content (AvgIpc) is 3.57. The van der Waals surface area contributed by atoms with Crippen molar-refractivity contribution in [3.8, 4) is 23.6 Å². The molecular formula is C47H49N4O12P.